The smallest absolute Gasteiger partial charge is 0.337 e. The van der Waals surface area contributed by atoms with Crippen molar-refractivity contribution in [2.75, 3.05) is 0 Å². The molecule has 0 aliphatic carbocycles. The summed E-state index contributed by atoms with van der Waals surface area (Å²) < 4.78 is 0. The van der Waals surface area contributed by atoms with E-state index in [1.165, 1.54) is 0 Å². The van der Waals surface area contributed by atoms with Crippen LogP contribution < -0.4 is 0 Å². The van der Waals surface area contributed by atoms with Gasteiger partial charge in [-0.15, -0.1) is 0 Å². The summed E-state index contributed by atoms with van der Waals surface area (Å²) in [5.74, 6) is -6.97. The number of rotatable bonds is 4. The Morgan fingerprint density at radius 3 is 1.05 bits per heavy atom. The van der Waals surface area contributed by atoms with Gasteiger partial charge in [-0.1, -0.05) is 0 Å². The molecule has 0 amide bonds. The van der Waals surface area contributed by atoms with Gasteiger partial charge in [-0.2, -0.15) is 0 Å². The molecule has 1 aromatic carbocycles. The maximum atomic E-state index is 10.9. The van der Waals surface area contributed by atoms with Crippen LogP contribution in [0, 0.1) is 0 Å². The van der Waals surface area contributed by atoms with E-state index in [0.717, 1.165) is 12.1 Å². The molecule has 0 heterocycles. The largest absolute Gasteiger partial charge is 0.478 e. The van der Waals surface area contributed by atoms with Gasteiger partial charge in [0.2, 0.25) is 0 Å². The van der Waals surface area contributed by atoms with E-state index >= 15 is 0 Å². The van der Waals surface area contributed by atoms with Crippen molar-refractivity contribution >= 4 is 23.9 Å². The number of carbonyl (C=O) groups is 4. The van der Waals surface area contributed by atoms with Crippen LogP contribution in [0.4, 0.5) is 0 Å². The Bertz CT molecular complexity index is 526. The third kappa shape index (κ3) is 3.19. The Balaban J connectivity index is 0.00000324. The van der Waals surface area contributed by atoms with Crippen molar-refractivity contribution in [3.8, 4) is 0 Å². The summed E-state index contributed by atoms with van der Waals surface area (Å²) in [6, 6.07) is 1.48. The third-order valence-corrected chi connectivity index (χ3v) is 2.09. The minimum absolute atomic E-state index is 0. The average Bonchev–Trinajstić information content (AvgIpc) is 2.26. The van der Waals surface area contributed by atoms with Crippen LogP contribution in [-0.2, 0) is 22.4 Å². The van der Waals surface area contributed by atoms with Crippen molar-refractivity contribution in [1.82, 2.24) is 0 Å². The van der Waals surface area contributed by atoms with E-state index in [-0.39, 0.29) is 22.4 Å². The summed E-state index contributed by atoms with van der Waals surface area (Å²) in [6.45, 7) is 0. The predicted molar refractivity (Wildman–Crippen MR) is 54.3 cm³/mol. The van der Waals surface area contributed by atoms with Gasteiger partial charge in [-0.25, -0.2) is 19.2 Å². The molecule has 8 nitrogen and oxygen atoms in total. The summed E-state index contributed by atoms with van der Waals surface area (Å²) in [5, 5.41) is 35.2. The summed E-state index contributed by atoms with van der Waals surface area (Å²) in [7, 11) is 0. The molecule has 0 spiro atoms. The average molecular weight is 362 g/mol. The molecule has 0 atom stereocenters. The predicted octanol–water partition coefficient (Wildman–Crippen LogP) is 0.477. The van der Waals surface area contributed by atoms with Crippen LogP contribution in [0.2, 0.25) is 0 Å². The Hall–Kier alpha value is -2.16. The van der Waals surface area contributed by atoms with Gasteiger partial charge in [0.15, 0.2) is 0 Å². The Kier molecular flexibility index (Phi) is 5.44. The molecule has 19 heavy (non-hydrogen) atoms. The van der Waals surface area contributed by atoms with Gasteiger partial charge in [0.05, 0.1) is 22.3 Å². The Morgan fingerprint density at radius 2 is 0.895 bits per heavy atom. The molecular weight excluding hydrogens is 356 g/mol. The number of benzene rings is 1. The van der Waals surface area contributed by atoms with Gasteiger partial charge in [-0.05, 0) is 12.1 Å². The second-order valence-electron chi connectivity index (χ2n) is 3.13. The molecule has 0 aromatic heterocycles. The second-order valence-corrected chi connectivity index (χ2v) is 3.13. The van der Waals surface area contributed by atoms with Crippen LogP contribution in [0.5, 0.6) is 0 Å². The molecule has 105 valence electrons. The molecule has 0 aliphatic rings. The van der Waals surface area contributed by atoms with Gasteiger partial charge in [0.1, 0.15) is 0 Å². The van der Waals surface area contributed by atoms with E-state index in [0.29, 0.717) is 0 Å². The maximum Gasteiger partial charge on any atom is 0.337 e. The van der Waals surface area contributed by atoms with Crippen LogP contribution in [0.3, 0.4) is 0 Å². The zero-order valence-electron chi connectivity index (χ0n) is 8.88. The standard InChI is InChI=1S/C10H6O8.Ag/c11-7(12)3-1-2-4(8(13)14)6(10(17)18)5(3)9(15)16;/h1-2H,(H,11,12)(H,13,14)(H,15,16)(H,17,18);. The summed E-state index contributed by atoms with van der Waals surface area (Å²) in [5.41, 5.74) is -3.69. The number of aromatic carboxylic acids is 4. The van der Waals surface area contributed by atoms with Crippen molar-refractivity contribution in [2.45, 2.75) is 0 Å². The third-order valence-electron chi connectivity index (χ3n) is 2.09. The topological polar surface area (TPSA) is 149 Å². The van der Waals surface area contributed by atoms with Crippen molar-refractivity contribution in [1.29, 1.82) is 0 Å². The number of carboxylic acids is 4. The number of hydrogen-bond acceptors (Lipinski definition) is 4. The first kappa shape index (κ1) is 16.8. The molecule has 0 fully saturated rings. The van der Waals surface area contributed by atoms with Gasteiger partial charge in [0.25, 0.3) is 0 Å². The van der Waals surface area contributed by atoms with Crippen LogP contribution >= 0.6 is 0 Å². The van der Waals surface area contributed by atoms with Crippen molar-refractivity contribution < 1.29 is 62.0 Å². The first-order valence-electron chi connectivity index (χ1n) is 4.37. The fraction of sp³-hybridized carbons (Fsp3) is 0. The van der Waals surface area contributed by atoms with Crippen molar-refractivity contribution in [3.05, 3.63) is 34.4 Å². The first-order chi connectivity index (χ1) is 8.27. The van der Waals surface area contributed by atoms with Crippen molar-refractivity contribution in [3.63, 3.8) is 0 Å². The van der Waals surface area contributed by atoms with Gasteiger partial charge in [0, 0.05) is 22.4 Å². The molecule has 0 unspecified atom stereocenters. The van der Waals surface area contributed by atoms with Gasteiger partial charge in [-0.3, -0.25) is 0 Å². The minimum atomic E-state index is -1.83. The van der Waals surface area contributed by atoms with Crippen LogP contribution in [-0.4, -0.2) is 44.3 Å². The monoisotopic (exact) mass is 361 g/mol. The summed E-state index contributed by atoms with van der Waals surface area (Å²) in [4.78, 5) is 43.4. The zero-order valence-corrected chi connectivity index (χ0v) is 10.4. The van der Waals surface area contributed by atoms with E-state index in [9.17, 15) is 19.2 Å². The quantitative estimate of drug-likeness (QED) is 0.565. The molecule has 4 N–H and O–H groups in total. The summed E-state index contributed by atoms with van der Waals surface area (Å²) in [6.07, 6.45) is 0. The molecule has 1 radical (unpaired) electrons. The van der Waals surface area contributed by atoms with Crippen LogP contribution in [0.15, 0.2) is 12.1 Å². The van der Waals surface area contributed by atoms with E-state index in [1.807, 2.05) is 0 Å². The van der Waals surface area contributed by atoms with Gasteiger partial charge >= 0.3 is 23.9 Å². The van der Waals surface area contributed by atoms with E-state index in [1.54, 1.807) is 0 Å². The maximum absolute atomic E-state index is 10.9. The molecule has 0 aliphatic heterocycles. The normalized spacial score (nSPS) is 9.26. The minimum Gasteiger partial charge on any atom is -0.478 e. The first-order valence-corrected chi connectivity index (χ1v) is 4.37. The van der Waals surface area contributed by atoms with E-state index < -0.39 is 46.1 Å². The molecule has 0 saturated carbocycles. The van der Waals surface area contributed by atoms with Gasteiger partial charge < -0.3 is 20.4 Å². The van der Waals surface area contributed by atoms with Crippen LogP contribution in [0.1, 0.15) is 41.4 Å². The SMILES string of the molecule is O=C(O)c1ccc(C(=O)O)c(C(=O)O)c1C(=O)O.[Ag]. The van der Waals surface area contributed by atoms with Crippen LogP contribution in [0.25, 0.3) is 0 Å². The molecule has 0 saturated heterocycles. The second kappa shape index (κ2) is 6.14. The van der Waals surface area contributed by atoms with E-state index in [4.69, 9.17) is 20.4 Å². The molecule has 9 heteroatoms. The van der Waals surface area contributed by atoms with E-state index in [2.05, 4.69) is 0 Å². The fourth-order valence-corrected chi connectivity index (χ4v) is 1.40. The molecule has 1 rings (SSSR count). The van der Waals surface area contributed by atoms with Crippen molar-refractivity contribution in [2.24, 2.45) is 0 Å². The molecule has 0 bridgehead atoms. The molecule has 1 aromatic rings. The Labute approximate surface area is 120 Å². The zero-order chi connectivity index (χ0) is 14.0. The Morgan fingerprint density at radius 1 is 0.632 bits per heavy atom. The molecular formula is C10H6AgO8. The fourth-order valence-electron chi connectivity index (χ4n) is 1.40. The number of hydrogen-bond donors (Lipinski definition) is 4. The number of carboxylic acid groups (broad SMARTS) is 4. The summed E-state index contributed by atoms with van der Waals surface area (Å²) >= 11 is 0.